The van der Waals surface area contributed by atoms with E-state index in [9.17, 15) is 21.0 Å². The lowest BCUT2D eigenvalue weighted by Gasteiger charge is -2.07. The smallest absolute Gasteiger partial charge is 0.305 e. The Labute approximate surface area is 279 Å². The second-order valence-electron chi connectivity index (χ2n) is 10.2. The largest absolute Gasteiger partial charge is 0.434 e. The van der Waals surface area contributed by atoms with Crippen molar-refractivity contribution >= 4 is 28.0 Å². The van der Waals surface area contributed by atoms with Gasteiger partial charge >= 0.3 is 5.70 Å². The molecule has 0 bridgehead atoms. The van der Waals surface area contributed by atoms with Gasteiger partial charge < -0.3 is 4.42 Å². The van der Waals surface area contributed by atoms with E-state index in [1.165, 1.54) is 24.3 Å². The fraction of sp³-hybridized carbons (Fsp3) is 0.0294. The van der Waals surface area contributed by atoms with E-state index in [0.29, 0.717) is 22.0 Å². The molecule has 5 aromatic rings. The molecule has 4 heterocycles. The minimum Gasteiger partial charge on any atom is -0.434 e. The van der Waals surface area contributed by atoms with Crippen LogP contribution in [-0.2, 0) is 0 Å². The molecule has 50 heavy (non-hydrogen) atoms. The van der Waals surface area contributed by atoms with Gasteiger partial charge in [-0.15, -0.1) is 0 Å². The van der Waals surface area contributed by atoms with Gasteiger partial charge in [-0.05, 0) is 48.9 Å². The summed E-state index contributed by atoms with van der Waals surface area (Å²) in [7, 11) is 0. The molecule has 16 nitrogen and oxygen atoms in total. The average Bonchev–Trinajstić information content (AvgIpc) is 3.87. The molecule has 0 spiro atoms. The number of allylic oxidation sites excluding steroid dienone is 2. The molecule has 226 valence electrons. The highest BCUT2D eigenvalue weighted by atomic mass is 16.3. The van der Waals surface area contributed by atoms with Crippen LogP contribution in [0.5, 0.6) is 0 Å². The Kier molecular flexibility index (Phi) is 6.92. The number of hydrogen-bond acceptors (Lipinski definition) is 13. The van der Waals surface area contributed by atoms with Crippen molar-refractivity contribution in [2.75, 3.05) is 0 Å². The van der Waals surface area contributed by atoms with E-state index < -0.39 is 0 Å². The third kappa shape index (κ3) is 4.72. The van der Waals surface area contributed by atoms with Crippen LogP contribution in [0.4, 0.5) is 11.4 Å². The van der Waals surface area contributed by atoms with Crippen molar-refractivity contribution in [3.05, 3.63) is 132 Å². The standard InChI is InChI=1S/C34H9N15O/c1-15-7-23-24(9-21(15)39-2)44-30(43-23)19(13-37)31-47-29(17-5-6-20-28(18(17)12-36)46-32(42-20)26(14-38)41-4)48-33(49-31)34-45-25-10-22(40-3)16(11-35)8-27(25)50-34/h5-10H,1H3/b30-19-,32-26+. The summed E-state index contributed by atoms with van der Waals surface area (Å²) in [6, 6.07) is 16.8. The van der Waals surface area contributed by atoms with Gasteiger partial charge in [-0.25, -0.2) is 59.7 Å². The van der Waals surface area contributed by atoms with E-state index in [0.717, 1.165) is 0 Å². The number of oxazole rings is 1. The molecule has 0 unspecified atom stereocenters. The van der Waals surface area contributed by atoms with Gasteiger partial charge in [0, 0.05) is 5.56 Å². The molecule has 0 aliphatic carbocycles. The first-order valence-electron chi connectivity index (χ1n) is 13.9. The van der Waals surface area contributed by atoms with E-state index in [1.807, 2.05) is 12.1 Å². The zero-order valence-electron chi connectivity index (χ0n) is 25.1. The zero-order valence-corrected chi connectivity index (χ0v) is 25.1. The predicted molar refractivity (Wildman–Crippen MR) is 168 cm³/mol. The lowest BCUT2D eigenvalue weighted by Crippen LogP contribution is -2.25. The Morgan fingerprint density at radius 2 is 1.48 bits per heavy atom. The van der Waals surface area contributed by atoms with Crippen molar-refractivity contribution in [3.63, 3.8) is 0 Å². The molecule has 0 fully saturated rings. The maximum absolute atomic E-state index is 10.4. The average molecular weight is 644 g/mol. The third-order valence-electron chi connectivity index (χ3n) is 7.38. The number of aryl methyl sites for hydroxylation is 1. The lowest BCUT2D eigenvalue weighted by atomic mass is 10.1. The Morgan fingerprint density at radius 1 is 0.740 bits per heavy atom. The zero-order chi connectivity index (χ0) is 35.1. The van der Waals surface area contributed by atoms with Crippen LogP contribution >= 0.6 is 0 Å². The van der Waals surface area contributed by atoms with E-state index in [1.54, 1.807) is 25.1 Å². The van der Waals surface area contributed by atoms with Crippen molar-refractivity contribution < 1.29 is 4.42 Å². The monoisotopic (exact) mass is 643 g/mol. The normalized spacial score (nSPS) is 13.9. The minimum absolute atomic E-state index is 0.0359. The molecule has 0 N–H and O–H groups in total. The number of hydrogen-bond donors (Lipinski definition) is 0. The van der Waals surface area contributed by atoms with Crippen LogP contribution in [0.25, 0.3) is 54.3 Å². The van der Waals surface area contributed by atoms with Crippen molar-refractivity contribution in [1.29, 1.82) is 21.0 Å². The van der Waals surface area contributed by atoms with Crippen LogP contribution in [-0.4, -0.2) is 19.9 Å². The number of nitrogens with zero attached hydrogens (tertiary/aromatic N) is 15. The van der Waals surface area contributed by atoms with Gasteiger partial charge in [0.25, 0.3) is 5.89 Å². The molecular formula is C34H9N15O. The summed E-state index contributed by atoms with van der Waals surface area (Å²) in [4.78, 5) is 45.4. The van der Waals surface area contributed by atoms with Gasteiger partial charge in [0.15, 0.2) is 34.6 Å². The van der Waals surface area contributed by atoms with E-state index in [-0.39, 0.29) is 90.5 Å². The van der Waals surface area contributed by atoms with Crippen molar-refractivity contribution in [1.82, 2.24) is 19.9 Å². The van der Waals surface area contributed by atoms with E-state index >= 15 is 0 Å². The number of nitriles is 4. The maximum atomic E-state index is 10.4. The molecule has 0 saturated carbocycles. The Hall–Kier alpha value is -8.75. The second kappa shape index (κ2) is 11.6. The summed E-state index contributed by atoms with van der Waals surface area (Å²) in [6.07, 6.45) is 0. The highest BCUT2D eigenvalue weighted by Crippen LogP contribution is 2.31. The molecular weight excluding hydrogens is 634 g/mol. The predicted octanol–water partition coefficient (Wildman–Crippen LogP) is 3.51. The summed E-state index contributed by atoms with van der Waals surface area (Å²) < 4.78 is 5.91. The molecule has 0 saturated heterocycles. The SMILES string of the molecule is [C-]#[N+]/C(C#N)=C1\N=c2ccc(-c3nc(/C(C#N)=C4/N=c5cc(C)c([N+]#[C-])cc5=N4)nc(-c4nc5cc([N+]#[C-])c(C#N)cc5o4)n3)c(C#N)c2=N1. The molecule has 7 rings (SSSR count). The van der Waals surface area contributed by atoms with Gasteiger partial charge in [-0.3, -0.25) is 0 Å². The molecule has 0 radical (unpaired) electrons. The van der Waals surface area contributed by atoms with Gasteiger partial charge in [-0.2, -0.15) is 15.8 Å². The first kappa shape index (κ1) is 29.9. The molecule has 0 amide bonds. The summed E-state index contributed by atoms with van der Waals surface area (Å²) in [6.45, 7) is 23.8. The summed E-state index contributed by atoms with van der Waals surface area (Å²) in [5.41, 5.74) is 1.14. The van der Waals surface area contributed by atoms with Crippen LogP contribution in [0.3, 0.4) is 0 Å². The van der Waals surface area contributed by atoms with Crippen LogP contribution in [0.1, 0.15) is 22.5 Å². The Bertz CT molecular complexity index is 3020. The molecule has 2 aliphatic rings. The van der Waals surface area contributed by atoms with Gasteiger partial charge in [0.2, 0.25) is 11.5 Å². The van der Waals surface area contributed by atoms with Crippen LogP contribution in [0, 0.1) is 72.0 Å². The highest BCUT2D eigenvalue weighted by Gasteiger charge is 2.24. The molecule has 3 aromatic carbocycles. The van der Waals surface area contributed by atoms with Gasteiger partial charge in [0.05, 0.1) is 64.6 Å². The fourth-order valence-corrected chi connectivity index (χ4v) is 5.04. The summed E-state index contributed by atoms with van der Waals surface area (Å²) >= 11 is 0. The number of fused-ring (bicyclic) bond motifs is 3. The number of rotatable bonds is 3. The minimum atomic E-state index is -0.359. The topological polar surface area (TPSA) is 222 Å². The van der Waals surface area contributed by atoms with Crippen molar-refractivity contribution in [2.45, 2.75) is 6.92 Å². The van der Waals surface area contributed by atoms with E-state index in [4.69, 9.17) is 24.1 Å². The molecule has 16 heteroatoms. The highest BCUT2D eigenvalue weighted by molar-refractivity contribution is 5.84. The quantitative estimate of drug-likeness (QED) is 0.207. The van der Waals surface area contributed by atoms with Crippen molar-refractivity contribution in [3.8, 4) is 47.4 Å². The van der Waals surface area contributed by atoms with Crippen molar-refractivity contribution in [2.24, 2.45) is 20.0 Å². The fourth-order valence-electron chi connectivity index (χ4n) is 5.04. The summed E-state index contributed by atoms with van der Waals surface area (Å²) in [5, 5.41) is 40.6. The Balaban J connectivity index is 1.51. The van der Waals surface area contributed by atoms with Crippen LogP contribution < -0.4 is 21.4 Å². The first-order chi connectivity index (χ1) is 24.3. The first-order valence-corrected chi connectivity index (χ1v) is 13.9. The second-order valence-corrected chi connectivity index (χ2v) is 10.2. The maximum Gasteiger partial charge on any atom is 0.305 e. The van der Waals surface area contributed by atoms with Gasteiger partial charge in [-0.1, -0.05) is 0 Å². The van der Waals surface area contributed by atoms with Gasteiger partial charge in [0.1, 0.15) is 23.1 Å². The molecule has 2 aliphatic heterocycles. The van der Waals surface area contributed by atoms with E-state index in [2.05, 4.69) is 60.5 Å². The molecule has 0 atom stereocenters. The third-order valence-corrected chi connectivity index (χ3v) is 7.38. The number of aromatic nitrogens is 4. The molecule has 2 aromatic heterocycles. The lowest BCUT2D eigenvalue weighted by molar-refractivity contribution is 0.612. The number of benzene rings is 3. The van der Waals surface area contributed by atoms with Crippen LogP contribution in [0.2, 0.25) is 0 Å². The summed E-state index contributed by atoms with van der Waals surface area (Å²) in [5.74, 6) is -0.837. The Morgan fingerprint density at radius 3 is 2.16 bits per heavy atom. The van der Waals surface area contributed by atoms with Crippen LogP contribution in [0.15, 0.2) is 78.1 Å².